The maximum atomic E-state index is 11.8. The quantitative estimate of drug-likeness (QED) is 0.927. The van der Waals surface area contributed by atoms with Crippen molar-refractivity contribution in [3.8, 4) is 17.0 Å². The molecule has 1 N–H and O–H groups in total. The van der Waals surface area contributed by atoms with Gasteiger partial charge in [-0.2, -0.15) is 0 Å². The van der Waals surface area contributed by atoms with E-state index in [1.165, 1.54) is 6.20 Å². The maximum absolute atomic E-state index is 11.8. The summed E-state index contributed by atoms with van der Waals surface area (Å²) in [6, 6.07) is 0. The fourth-order valence-corrected chi connectivity index (χ4v) is 2.14. The molecule has 106 valence electrons. The summed E-state index contributed by atoms with van der Waals surface area (Å²) in [4.78, 5) is 20.4. The first-order chi connectivity index (χ1) is 9.49. The summed E-state index contributed by atoms with van der Waals surface area (Å²) in [5, 5.41) is 2.57. The highest BCUT2D eigenvalue weighted by Gasteiger charge is 2.22. The minimum absolute atomic E-state index is 0.246. The second-order valence-corrected chi connectivity index (χ2v) is 4.39. The molecule has 0 bridgehead atoms. The van der Waals surface area contributed by atoms with Gasteiger partial charge in [0.05, 0.1) is 18.9 Å². The second-order valence-electron chi connectivity index (χ2n) is 4.39. The van der Waals surface area contributed by atoms with Gasteiger partial charge in [-0.25, -0.2) is 9.97 Å². The number of oxazole rings is 1. The number of nitrogens with one attached hydrogen (secondary N) is 1. The Hall–Kier alpha value is -2.37. The molecule has 0 radical (unpaired) electrons. The molecule has 0 saturated heterocycles. The Morgan fingerprint density at radius 1 is 1.35 bits per heavy atom. The highest BCUT2D eigenvalue weighted by molar-refractivity contribution is 5.96. The average Bonchev–Trinajstić information content (AvgIpc) is 2.76. The molecule has 2 aromatic rings. The summed E-state index contributed by atoms with van der Waals surface area (Å²) < 4.78 is 10.8. The van der Waals surface area contributed by atoms with Gasteiger partial charge in [0.25, 0.3) is 5.91 Å². The molecule has 6 nitrogen and oxygen atoms in total. The first-order valence-corrected chi connectivity index (χ1v) is 6.19. The summed E-state index contributed by atoms with van der Waals surface area (Å²) in [5.41, 5.74) is 2.46. The van der Waals surface area contributed by atoms with E-state index in [1.54, 1.807) is 21.1 Å². The number of hydrogen-bond acceptors (Lipinski definition) is 5. The fraction of sp³-hybridized carbons (Fsp3) is 0.357. The number of pyridine rings is 1. The van der Waals surface area contributed by atoms with Crippen molar-refractivity contribution in [3.63, 3.8) is 0 Å². The number of aryl methyl sites for hydroxylation is 2. The van der Waals surface area contributed by atoms with E-state index >= 15 is 0 Å². The Bertz CT molecular complexity index is 662. The first-order valence-electron chi connectivity index (χ1n) is 6.19. The van der Waals surface area contributed by atoms with Crippen LogP contribution in [0.2, 0.25) is 0 Å². The molecular formula is C14H17N3O3. The molecule has 0 spiro atoms. The van der Waals surface area contributed by atoms with Crippen molar-refractivity contribution >= 4 is 5.91 Å². The molecule has 0 unspecified atom stereocenters. The van der Waals surface area contributed by atoms with Gasteiger partial charge in [0, 0.05) is 14.0 Å². The van der Waals surface area contributed by atoms with Crippen molar-refractivity contribution in [2.24, 2.45) is 0 Å². The minimum Gasteiger partial charge on any atom is -0.494 e. The van der Waals surface area contributed by atoms with Crippen molar-refractivity contribution in [2.45, 2.75) is 20.8 Å². The third-order valence-electron chi connectivity index (χ3n) is 3.09. The number of amides is 1. The summed E-state index contributed by atoms with van der Waals surface area (Å²) in [6.07, 6.45) is 1.52. The van der Waals surface area contributed by atoms with E-state index in [9.17, 15) is 4.79 Å². The topological polar surface area (TPSA) is 77.2 Å². The third-order valence-corrected chi connectivity index (χ3v) is 3.09. The molecule has 0 fully saturated rings. The summed E-state index contributed by atoms with van der Waals surface area (Å²) in [5.74, 6) is 1.56. The average molecular weight is 275 g/mol. The van der Waals surface area contributed by atoms with Gasteiger partial charge in [-0.05, 0) is 19.4 Å². The van der Waals surface area contributed by atoms with Gasteiger partial charge < -0.3 is 14.5 Å². The van der Waals surface area contributed by atoms with E-state index in [0.717, 1.165) is 5.56 Å². The molecule has 0 aliphatic heterocycles. The zero-order valence-corrected chi connectivity index (χ0v) is 12.2. The Labute approximate surface area is 117 Å². The Morgan fingerprint density at radius 3 is 2.55 bits per heavy atom. The van der Waals surface area contributed by atoms with E-state index in [-0.39, 0.29) is 5.91 Å². The van der Waals surface area contributed by atoms with Crippen LogP contribution in [0.4, 0.5) is 0 Å². The van der Waals surface area contributed by atoms with Crippen molar-refractivity contribution in [3.05, 3.63) is 29.1 Å². The zero-order valence-electron chi connectivity index (χ0n) is 12.2. The Kier molecular flexibility index (Phi) is 3.74. The van der Waals surface area contributed by atoms with Crippen molar-refractivity contribution < 1.29 is 13.9 Å². The molecular weight excluding hydrogens is 258 g/mol. The standard InChI is InChI=1S/C14H17N3O3/c1-7-11(13-8(2)20-9(3)17-13)10(19-5)6-16-12(7)14(18)15-4/h6H,1-5H3,(H,15,18). The number of methoxy groups -OCH3 is 1. The lowest BCUT2D eigenvalue weighted by Gasteiger charge is -2.12. The second kappa shape index (κ2) is 5.32. The monoisotopic (exact) mass is 275 g/mol. The molecule has 0 aliphatic carbocycles. The molecule has 0 atom stereocenters. The number of rotatable bonds is 3. The number of hydrogen-bond donors (Lipinski definition) is 1. The van der Waals surface area contributed by atoms with E-state index < -0.39 is 0 Å². The lowest BCUT2D eigenvalue weighted by Crippen LogP contribution is -2.21. The Morgan fingerprint density at radius 2 is 2.05 bits per heavy atom. The van der Waals surface area contributed by atoms with Crippen molar-refractivity contribution in [2.75, 3.05) is 14.2 Å². The lowest BCUT2D eigenvalue weighted by molar-refractivity contribution is 0.0957. The van der Waals surface area contributed by atoms with Crippen molar-refractivity contribution in [1.82, 2.24) is 15.3 Å². The number of aromatic nitrogens is 2. The molecule has 6 heteroatoms. The van der Waals surface area contributed by atoms with E-state index in [2.05, 4.69) is 15.3 Å². The summed E-state index contributed by atoms with van der Waals surface area (Å²) >= 11 is 0. The van der Waals surface area contributed by atoms with Crippen LogP contribution < -0.4 is 10.1 Å². The van der Waals surface area contributed by atoms with E-state index in [0.29, 0.717) is 34.4 Å². The predicted molar refractivity (Wildman–Crippen MR) is 73.9 cm³/mol. The maximum Gasteiger partial charge on any atom is 0.269 e. The molecule has 2 aromatic heterocycles. The molecule has 1 amide bonds. The van der Waals surface area contributed by atoms with Crippen LogP contribution in [0.1, 0.15) is 27.7 Å². The van der Waals surface area contributed by atoms with Gasteiger partial charge in [-0.1, -0.05) is 0 Å². The van der Waals surface area contributed by atoms with E-state index in [4.69, 9.17) is 9.15 Å². The molecule has 2 rings (SSSR count). The Balaban J connectivity index is 2.72. The van der Waals surface area contributed by atoms with Crippen LogP contribution in [0.25, 0.3) is 11.3 Å². The highest BCUT2D eigenvalue weighted by atomic mass is 16.5. The van der Waals surface area contributed by atoms with Gasteiger partial charge in [0.2, 0.25) is 0 Å². The fourth-order valence-electron chi connectivity index (χ4n) is 2.14. The molecule has 0 aromatic carbocycles. The third kappa shape index (κ3) is 2.24. The molecule has 0 saturated carbocycles. The SMILES string of the molecule is CNC(=O)c1ncc(OC)c(-c2nc(C)oc2C)c1C. The minimum atomic E-state index is -0.246. The molecule has 0 aliphatic rings. The van der Waals surface area contributed by atoms with Gasteiger partial charge >= 0.3 is 0 Å². The van der Waals surface area contributed by atoms with Gasteiger partial charge in [-0.3, -0.25) is 4.79 Å². The normalized spacial score (nSPS) is 10.4. The van der Waals surface area contributed by atoms with Gasteiger partial charge in [0.15, 0.2) is 5.89 Å². The van der Waals surface area contributed by atoms with Crippen LogP contribution in [0.3, 0.4) is 0 Å². The lowest BCUT2D eigenvalue weighted by atomic mass is 10.0. The number of nitrogens with zero attached hydrogens (tertiary/aromatic N) is 2. The summed E-state index contributed by atoms with van der Waals surface area (Å²) in [7, 11) is 3.13. The van der Waals surface area contributed by atoms with Crippen LogP contribution in [-0.2, 0) is 0 Å². The van der Waals surface area contributed by atoms with Gasteiger partial charge in [0.1, 0.15) is 22.9 Å². The van der Waals surface area contributed by atoms with Crippen LogP contribution >= 0.6 is 0 Å². The predicted octanol–water partition coefficient (Wildman–Crippen LogP) is 2.03. The number of ether oxygens (including phenoxy) is 1. The highest BCUT2D eigenvalue weighted by Crippen LogP contribution is 2.35. The summed E-state index contributed by atoms with van der Waals surface area (Å²) in [6.45, 7) is 5.42. The molecule has 20 heavy (non-hydrogen) atoms. The largest absolute Gasteiger partial charge is 0.494 e. The smallest absolute Gasteiger partial charge is 0.269 e. The number of carbonyl (C=O) groups is 1. The molecule has 2 heterocycles. The first kappa shape index (κ1) is 14.0. The van der Waals surface area contributed by atoms with Crippen LogP contribution in [-0.4, -0.2) is 30.0 Å². The zero-order chi connectivity index (χ0) is 14.9. The number of carbonyl (C=O) groups excluding carboxylic acids is 1. The van der Waals surface area contributed by atoms with Crippen LogP contribution in [0, 0.1) is 20.8 Å². The van der Waals surface area contributed by atoms with E-state index in [1.807, 2.05) is 13.8 Å². The van der Waals surface area contributed by atoms with Crippen molar-refractivity contribution in [1.29, 1.82) is 0 Å². The van der Waals surface area contributed by atoms with Gasteiger partial charge in [-0.15, -0.1) is 0 Å². The van der Waals surface area contributed by atoms with Crippen LogP contribution in [0.5, 0.6) is 5.75 Å². The van der Waals surface area contributed by atoms with Crippen LogP contribution in [0.15, 0.2) is 10.6 Å².